The molecule has 0 atom stereocenters. The zero-order chi connectivity index (χ0) is 13.8. The molecule has 0 aliphatic heterocycles. The van der Waals surface area contributed by atoms with Gasteiger partial charge in [-0.25, -0.2) is 4.79 Å². The minimum Gasteiger partial charge on any atom is -0.497 e. The van der Waals surface area contributed by atoms with Crippen molar-refractivity contribution in [3.8, 4) is 5.75 Å². The van der Waals surface area contributed by atoms with Crippen molar-refractivity contribution in [2.75, 3.05) is 12.4 Å². The highest BCUT2D eigenvalue weighted by atomic mass is 16.5. The van der Waals surface area contributed by atoms with E-state index in [0.717, 1.165) is 6.42 Å². The van der Waals surface area contributed by atoms with Crippen LogP contribution in [-0.2, 0) is 4.79 Å². The number of benzene rings is 1. The van der Waals surface area contributed by atoms with Crippen molar-refractivity contribution < 1.29 is 19.4 Å². The summed E-state index contributed by atoms with van der Waals surface area (Å²) in [5.74, 6) is -0.0927. The molecule has 102 valence electrons. The molecule has 1 fully saturated rings. The Kier molecular flexibility index (Phi) is 4.04. The average Bonchev–Trinajstić information content (AvgIpc) is 3.20. The van der Waals surface area contributed by atoms with Crippen molar-refractivity contribution in [3.63, 3.8) is 0 Å². The molecule has 0 unspecified atom stereocenters. The van der Waals surface area contributed by atoms with Crippen molar-refractivity contribution in [2.45, 2.75) is 25.7 Å². The molecule has 0 aromatic heterocycles. The first-order chi connectivity index (χ1) is 9.10. The summed E-state index contributed by atoms with van der Waals surface area (Å²) in [6, 6.07) is 4.58. The summed E-state index contributed by atoms with van der Waals surface area (Å²) in [6.07, 6.45) is 3.73. The standard InChI is InChI=1S/C14H17NO4/c1-19-10-5-6-12(11(8-10)14(17)18)15-13(16)7-4-9-2-3-9/h5-6,8-9H,2-4,7H2,1H3,(H,15,16)(H,17,18). The van der Waals surface area contributed by atoms with Crippen LogP contribution in [-0.4, -0.2) is 24.1 Å². The minimum atomic E-state index is -1.09. The molecule has 1 aliphatic carbocycles. The van der Waals surface area contributed by atoms with E-state index >= 15 is 0 Å². The van der Waals surface area contributed by atoms with E-state index in [1.165, 1.54) is 26.0 Å². The Morgan fingerprint density at radius 2 is 2.16 bits per heavy atom. The second-order valence-electron chi connectivity index (χ2n) is 4.75. The lowest BCUT2D eigenvalue weighted by molar-refractivity contribution is -0.116. The fraction of sp³-hybridized carbons (Fsp3) is 0.429. The average molecular weight is 263 g/mol. The van der Waals surface area contributed by atoms with E-state index in [9.17, 15) is 9.59 Å². The number of carbonyl (C=O) groups excluding carboxylic acids is 1. The highest BCUT2D eigenvalue weighted by Crippen LogP contribution is 2.33. The van der Waals surface area contributed by atoms with Crippen molar-refractivity contribution in [1.29, 1.82) is 0 Å². The Bertz CT molecular complexity index is 494. The Morgan fingerprint density at radius 1 is 1.42 bits per heavy atom. The molecule has 0 radical (unpaired) electrons. The number of rotatable bonds is 6. The van der Waals surface area contributed by atoms with Gasteiger partial charge in [0, 0.05) is 6.42 Å². The van der Waals surface area contributed by atoms with E-state index in [0.29, 0.717) is 23.8 Å². The van der Waals surface area contributed by atoms with Crippen LogP contribution < -0.4 is 10.1 Å². The van der Waals surface area contributed by atoms with Crippen molar-refractivity contribution in [3.05, 3.63) is 23.8 Å². The zero-order valence-corrected chi connectivity index (χ0v) is 10.8. The highest BCUT2D eigenvalue weighted by molar-refractivity contribution is 6.00. The predicted octanol–water partition coefficient (Wildman–Crippen LogP) is 2.52. The smallest absolute Gasteiger partial charge is 0.337 e. The fourth-order valence-corrected chi connectivity index (χ4v) is 1.89. The van der Waals surface area contributed by atoms with Gasteiger partial charge < -0.3 is 15.2 Å². The van der Waals surface area contributed by atoms with Gasteiger partial charge in [-0.2, -0.15) is 0 Å². The Balaban J connectivity index is 2.04. The molecule has 0 saturated heterocycles. The first-order valence-corrected chi connectivity index (χ1v) is 6.31. The first-order valence-electron chi connectivity index (χ1n) is 6.31. The third kappa shape index (κ3) is 3.71. The van der Waals surface area contributed by atoms with Crippen LogP contribution >= 0.6 is 0 Å². The molecular formula is C14H17NO4. The zero-order valence-electron chi connectivity index (χ0n) is 10.8. The fourth-order valence-electron chi connectivity index (χ4n) is 1.89. The lowest BCUT2D eigenvalue weighted by atomic mass is 10.1. The van der Waals surface area contributed by atoms with Gasteiger partial charge in [-0.3, -0.25) is 4.79 Å². The first kappa shape index (κ1) is 13.4. The Hall–Kier alpha value is -2.04. The molecule has 2 N–H and O–H groups in total. The number of carboxylic acid groups (broad SMARTS) is 1. The SMILES string of the molecule is COc1ccc(NC(=O)CCC2CC2)c(C(=O)O)c1. The summed E-state index contributed by atoms with van der Waals surface area (Å²) in [7, 11) is 1.47. The van der Waals surface area contributed by atoms with E-state index in [1.807, 2.05) is 0 Å². The van der Waals surface area contributed by atoms with Gasteiger partial charge in [0.15, 0.2) is 0 Å². The lowest BCUT2D eigenvalue weighted by Crippen LogP contribution is -2.14. The number of carbonyl (C=O) groups is 2. The number of carboxylic acids is 1. The molecule has 1 aliphatic rings. The van der Waals surface area contributed by atoms with Gasteiger partial charge in [0.1, 0.15) is 5.75 Å². The number of aromatic carboxylic acids is 1. The molecule has 2 rings (SSSR count). The van der Waals surface area contributed by atoms with Gasteiger partial charge in [-0.1, -0.05) is 12.8 Å². The quantitative estimate of drug-likeness (QED) is 0.827. The minimum absolute atomic E-state index is 0.0409. The van der Waals surface area contributed by atoms with Crippen molar-refractivity contribution >= 4 is 17.6 Å². The number of anilines is 1. The van der Waals surface area contributed by atoms with E-state index in [4.69, 9.17) is 9.84 Å². The Morgan fingerprint density at radius 3 is 2.74 bits per heavy atom. The topological polar surface area (TPSA) is 75.6 Å². The number of methoxy groups -OCH3 is 1. The molecule has 0 bridgehead atoms. The monoisotopic (exact) mass is 263 g/mol. The van der Waals surface area contributed by atoms with E-state index < -0.39 is 5.97 Å². The third-order valence-electron chi connectivity index (χ3n) is 3.21. The van der Waals surface area contributed by atoms with Gasteiger partial charge in [-0.15, -0.1) is 0 Å². The largest absolute Gasteiger partial charge is 0.497 e. The van der Waals surface area contributed by atoms with Crippen molar-refractivity contribution in [1.82, 2.24) is 0 Å². The number of ether oxygens (including phenoxy) is 1. The van der Waals surface area contributed by atoms with Crippen LogP contribution in [0.3, 0.4) is 0 Å². The van der Waals surface area contributed by atoms with E-state index in [-0.39, 0.29) is 11.5 Å². The van der Waals surface area contributed by atoms with Crippen LogP contribution in [0.2, 0.25) is 0 Å². The lowest BCUT2D eigenvalue weighted by Gasteiger charge is -2.10. The van der Waals surface area contributed by atoms with Gasteiger partial charge in [0.05, 0.1) is 18.4 Å². The normalized spacial score (nSPS) is 13.9. The second-order valence-corrected chi connectivity index (χ2v) is 4.75. The molecule has 0 heterocycles. The molecule has 5 nitrogen and oxygen atoms in total. The maximum Gasteiger partial charge on any atom is 0.337 e. The number of hydrogen-bond acceptors (Lipinski definition) is 3. The van der Waals surface area contributed by atoms with Crippen LogP contribution in [0, 0.1) is 5.92 Å². The Labute approximate surface area is 111 Å². The molecule has 1 aromatic rings. The molecule has 1 saturated carbocycles. The molecule has 0 spiro atoms. The van der Waals surface area contributed by atoms with Gasteiger partial charge in [0.25, 0.3) is 0 Å². The summed E-state index contributed by atoms with van der Waals surface area (Å²) in [5, 5.41) is 11.8. The van der Waals surface area contributed by atoms with Crippen molar-refractivity contribution in [2.24, 2.45) is 5.92 Å². The number of amides is 1. The van der Waals surface area contributed by atoms with E-state index in [1.54, 1.807) is 12.1 Å². The third-order valence-corrected chi connectivity index (χ3v) is 3.21. The molecule has 5 heteroatoms. The summed E-state index contributed by atoms with van der Waals surface area (Å²) in [4.78, 5) is 22.9. The van der Waals surface area contributed by atoms with Crippen LogP contribution in [0.5, 0.6) is 5.75 Å². The van der Waals surface area contributed by atoms with Crippen LogP contribution in [0.1, 0.15) is 36.0 Å². The maximum atomic E-state index is 11.7. The second kappa shape index (κ2) is 5.73. The molecular weight excluding hydrogens is 246 g/mol. The number of hydrogen-bond donors (Lipinski definition) is 2. The number of nitrogens with one attached hydrogen (secondary N) is 1. The van der Waals surface area contributed by atoms with Crippen LogP contribution in [0.15, 0.2) is 18.2 Å². The summed E-state index contributed by atoms with van der Waals surface area (Å²) in [5.41, 5.74) is 0.355. The van der Waals surface area contributed by atoms with Gasteiger partial charge in [0.2, 0.25) is 5.91 Å². The van der Waals surface area contributed by atoms with Crippen LogP contribution in [0.4, 0.5) is 5.69 Å². The van der Waals surface area contributed by atoms with E-state index in [2.05, 4.69) is 5.32 Å². The molecule has 1 amide bonds. The highest BCUT2D eigenvalue weighted by Gasteiger charge is 2.22. The summed E-state index contributed by atoms with van der Waals surface area (Å²) in [6.45, 7) is 0. The van der Waals surface area contributed by atoms with Gasteiger partial charge >= 0.3 is 5.97 Å². The predicted molar refractivity (Wildman–Crippen MR) is 70.5 cm³/mol. The molecule has 1 aromatic carbocycles. The van der Waals surface area contributed by atoms with Gasteiger partial charge in [-0.05, 0) is 30.5 Å². The van der Waals surface area contributed by atoms with Crippen LogP contribution in [0.25, 0.3) is 0 Å². The summed E-state index contributed by atoms with van der Waals surface area (Å²) < 4.78 is 4.98. The molecule has 19 heavy (non-hydrogen) atoms. The summed E-state index contributed by atoms with van der Waals surface area (Å²) >= 11 is 0. The maximum absolute atomic E-state index is 11.7.